The van der Waals surface area contributed by atoms with Gasteiger partial charge >= 0.3 is 0 Å². The van der Waals surface area contributed by atoms with Crippen LogP contribution < -0.4 is 14.9 Å². The van der Waals surface area contributed by atoms with Crippen molar-refractivity contribution in [3.63, 3.8) is 0 Å². The quantitative estimate of drug-likeness (QED) is 0.189. The fourth-order valence-electron chi connectivity index (χ4n) is 3.55. The summed E-state index contributed by atoms with van der Waals surface area (Å²) < 4.78 is 4.16. The molecule has 0 saturated heterocycles. The Kier molecular flexibility index (Phi) is 9.57. The van der Waals surface area contributed by atoms with Crippen LogP contribution >= 0.6 is 11.9 Å². The van der Waals surface area contributed by atoms with Gasteiger partial charge in [0, 0.05) is 43.9 Å². The predicted octanol–water partition coefficient (Wildman–Crippen LogP) is 6.44. The molecule has 0 spiro atoms. The fraction of sp³-hybridized carbons (Fsp3) is 0.407. The molecule has 0 aliphatic heterocycles. The molecule has 1 aliphatic carbocycles. The molecule has 3 N–H and O–H groups in total. The van der Waals surface area contributed by atoms with E-state index in [0.29, 0.717) is 17.9 Å². The first kappa shape index (κ1) is 28.0. The molecular formula is C27H38N8OS. The Balaban J connectivity index is 0.000000567. The highest BCUT2D eigenvalue weighted by atomic mass is 32.2. The van der Waals surface area contributed by atoms with E-state index in [9.17, 15) is 4.79 Å². The number of rotatable bonds is 7. The third-order valence-electron chi connectivity index (χ3n) is 6.01. The molecule has 0 unspecified atom stereocenters. The fourth-order valence-corrected chi connectivity index (χ4v) is 3.89. The van der Waals surface area contributed by atoms with Gasteiger partial charge in [-0.05, 0) is 38.0 Å². The number of aryl methyl sites for hydroxylation is 2. The number of anilines is 4. The Morgan fingerprint density at radius 3 is 2.43 bits per heavy atom. The Morgan fingerprint density at radius 2 is 1.86 bits per heavy atom. The first-order valence-electron chi connectivity index (χ1n) is 12.6. The van der Waals surface area contributed by atoms with Gasteiger partial charge in [0.25, 0.3) is 0 Å². The lowest BCUT2D eigenvalue weighted by molar-refractivity contribution is -0.105. The van der Waals surface area contributed by atoms with Gasteiger partial charge in [-0.25, -0.2) is 15.0 Å². The predicted molar refractivity (Wildman–Crippen MR) is 157 cm³/mol. The minimum absolute atomic E-state index is 0.427. The number of benzene rings is 1. The van der Waals surface area contributed by atoms with Crippen molar-refractivity contribution < 1.29 is 4.79 Å². The minimum atomic E-state index is 0.427. The maximum Gasteiger partial charge on any atom is 0.212 e. The Bertz CT molecular complexity index is 1340. The van der Waals surface area contributed by atoms with Crippen molar-refractivity contribution in [3.05, 3.63) is 42.0 Å². The molecule has 37 heavy (non-hydrogen) atoms. The van der Waals surface area contributed by atoms with Crippen molar-refractivity contribution in [1.82, 2.24) is 24.5 Å². The topological polar surface area (TPSA) is 104 Å². The molecule has 9 nitrogen and oxygen atoms in total. The molecule has 0 radical (unpaired) electrons. The molecule has 3 heterocycles. The van der Waals surface area contributed by atoms with Gasteiger partial charge in [0.2, 0.25) is 6.41 Å². The number of H-pyrrole nitrogens is 1. The van der Waals surface area contributed by atoms with Gasteiger partial charge in [0.1, 0.15) is 23.0 Å². The smallest absolute Gasteiger partial charge is 0.212 e. The van der Waals surface area contributed by atoms with Gasteiger partial charge in [-0.2, -0.15) is 0 Å². The zero-order chi connectivity index (χ0) is 27.1. The molecule has 1 saturated carbocycles. The lowest BCUT2D eigenvalue weighted by Gasteiger charge is -2.21. The van der Waals surface area contributed by atoms with Crippen molar-refractivity contribution in [2.24, 2.45) is 13.0 Å². The molecule has 1 fully saturated rings. The number of hydrogen-bond donors (Lipinski definition) is 3. The van der Waals surface area contributed by atoms with Crippen LogP contribution in [0.2, 0.25) is 0 Å². The average Bonchev–Trinajstić information content (AvgIpc) is 3.48. The second-order valence-corrected chi connectivity index (χ2v) is 9.75. The molecule has 1 aromatic carbocycles. The molecule has 0 bridgehead atoms. The van der Waals surface area contributed by atoms with Crippen LogP contribution in [0.25, 0.3) is 22.6 Å². The van der Waals surface area contributed by atoms with Gasteiger partial charge in [-0.1, -0.05) is 45.6 Å². The normalized spacial score (nSPS) is 12.2. The summed E-state index contributed by atoms with van der Waals surface area (Å²) in [5.74, 6) is 3.17. The van der Waals surface area contributed by atoms with Crippen LogP contribution in [0.15, 0.2) is 30.5 Å². The highest BCUT2D eigenvalue weighted by molar-refractivity contribution is 7.99. The summed E-state index contributed by atoms with van der Waals surface area (Å²) in [6.45, 7) is 10.2. The number of pyridine rings is 1. The first-order valence-corrected chi connectivity index (χ1v) is 13.7. The van der Waals surface area contributed by atoms with E-state index in [2.05, 4.69) is 52.4 Å². The van der Waals surface area contributed by atoms with Crippen LogP contribution in [-0.4, -0.2) is 44.2 Å². The number of carbonyl (C=O) groups excluding carboxylic acids is 1. The number of amides is 1. The van der Waals surface area contributed by atoms with Crippen LogP contribution in [0.1, 0.15) is 45.1 Å². The molecule has 10 heteroatoms. The van der Waals surface area contributed by atoms with Gasteiger partial charge in [0.15, 0.2) is 5.65 Å². The minimum Gasteiger partial charge on any atom is -0.352 e. The van der Waals surface area contributed by atoms with E-state index < -0.39 is 0 Å². The lowest BCUT2D eigenvalue weighted by Crippen LogP contribution is -2.09. The van der Waals surface area contributed by atoms with Gasteiger partial charge < -0.3 is 24.5 Å². The zero-order valence-electron chi connectivity index (χ0n) is 23.0. The lowest BCUT2D eigenvalue weighted by atomic mass is 10.1. The van der Waals surface area contributed by atoms with E-state index in [1.54, 1.807) is 18.0 Å². The second-order valence-electron chi connectivity index (χ2n) is 8.84. The van der Waals surface area contributed by atoms with Crippen molar-refractivity contribution in [1.29, 1.82) is 0 Å². The van der Waals surface area contributed by atoms with E-state index in [4.69, 9.17) is 0 Å². The van der Waals surface area contributed by atoms with Crippen LogP contribution in [0, 0.1) is 19.8 Å². The Hall–Kier alpha value is -3.53. The molecule has 4 aromatic rings. The number of hydrogen-bond acceptors (Lipinski definition) is 7. The van der Waals surface area contributed by atoms with Gasteiger partial charge in [-0.3, -0.25) is 4.79 Å². The molecule has 5 rings (SSSR count). The number of imidazole rings is 2. The standard InChI is InChI=1S/C21H24N8OS.C4H8.C2H6/c1-12-10-22-21(28(12)3)14-6-7-15(17(8-14)29(4)31-5)26-16-9-18(23-11-30)27-20-19(16)24-13(2)25-20;1-4-2-3-4;1-2/h6-11H,1-5H3,(H3,23,24,25,26,27,30);4H,2-3H2,1H3;1-2H3. The maximum absolute atomic E-state index is 11.0. The summed E-state index contributed by atoms with van der Waals surface area (Å²) in [5, 5.41) is 6.10. The summed E-state index contributed by atoms with van der Waals surface area (Å²) >= 11 is 1.61. The molecule has 198 valence electrons. The largest absolute Gasteiger partial charge is 0.352 e. The summed E-state index contributed by atoms with van der Waals surface area (Å²) in [4.78, 5) is 27.5. The van der Waals surface area contributed by atoms with E-state index in [1.807, 2.05) is 66.4 Å². The Labute approximate surface area is 223 Å². The zero-order valence-corrected chi connectivity index (χ0v) is 23.8. The highest BCUT2D eigenvalue weighted by Crippen LogP contribution is 2.36. The van der Waals surface area contributed by atoms with Crippen LogP contribution in [-0.2, 0) is 11.8 Å². The van der Waals surface area contributed by atoms with Crippen molar-refractivity contribution >= 4 is 52.4 Å². The van der Waals surface area contributed by atoms with E-state index in [-0.39, 0.29) is 0 Å². The monoisotopic (exact) mass is 522 g/mol. The second kappa shape index (κ2) is 12.6. The highest BCUT2D eigenvalue weighted by Gasteiger charge is 2.16. The molecular weight excluding hydrogens is 484 g/mol. The van der Waals surface area contributed by atoms with E-state index in [1.165, 1.54) is 12.8 Å². The third kappa shape index (κ3) is 6.82. The maximum atomic E-state index is 11.0. The van der Waals surface area contributed by atoms with Gasteiger partial charge in [0.05, 0.1) is 17.1 Å². The SMILES string of the molecule is CC.CC1CC1.CSN(C)c1cc(-c2ncc(C)n2C)ccc1Nc1cc(NC=O)nc2nc(C)[nH]c12. The van der Waals surface area contributed by atoms with Crippen LogP contribution in [0.5, 0.6) is 0 Å². The number of carbonyl (C=O) groups is 1. The van der Waals surface area contributed by atoms with Crippen LogP contribution in [0.3, 0.4) is 0 Å². The average molecular weight is 523 g/mol. The first-order chi connectivity index (χ1) is 17.8. The van der Waals surface area contributed by atoms with E-state index >= 15 is 0 Å². The third-order valence-corrected chi connectivity index (χ3v) is 6.76. The number of aromatic nitrogens is 5. The summed E-state index contributed by atoms with van der Waals surface area (Å²) in [6.07, 6.45) is 7.47. The summed E-state index contributed by atoms with van der Waals surface area (Å²) in [5.41, 5.74) is 6.10. The Morgan fingerprint density at radius 1 is 1.16 bits per heavy atom. The van der Waals surface area contributed by atoms with Crippen molar-refractivity contribution in [3.8, 4) is 11.4 Å². The molecule has 1 aliphatic rings. The number of nitrogens with zero attached hydrogens (tertiary/aromatic N) is 5. The number of aromatic amines is 1. The summed E-state index contributed by atoms with van der Waals surface area (Å²) in [7, 11) is 4.03. The number of fused-ring (bicyclic) bond motifs is 1. The van der Waals surface area contributed by atoms with Crippen molar-refractivity contribution in [2.45, 2.75) is 47.5 Å². The van der Waals surface area contributed by atoms with Crippen LogP contribution in [0.4, 0.5) is 22.9 Å². The molecule has 3 aromatic heterocycles. The van der Waals surface area contributed by atoms with E-state index in [0.717, 1.165) is 51.4 Å². The molecule has 1 amide bonds. The molecule has 0 atom stereocenters. The van der Waals surface area contributed by atoms with Gasteiger partial charge in [-0.15, -0.1) is 0 Å². The summed E-state index contributed by atoms with van der Waals surface area (Å²) in [6, 6.07) is 7.97. The number of nitrogens with one attached hydrogen (secondary N) is 3. The van der Waals surface area contributed by atoms with Crippen molar-refractivity contribution in [2.75, 3.05) is 28.2 Å².